The quantitative estimate of drug-likeness (QED) is 0.768. The van der Waals surface area contributed by atoms with E-state index in [9.17, 15) is 9.59 Å². The Morgan fingerprint density at radius 2 is 1.89 bits per heavy atom. The van der Waals surface area contributed by atoms with Gasteiger partial charge in [-0.15, -0.1) is 0 Å². The number of hydrogen-bond acceptors (Lipinski definition) is 5. The van der Waals surface area contributed by atoms with Crippen LogP contribution in [0.25, 0.3) is 0 Å². The van der Waals surface area contributed by atoms with Crippen molar-refractivity contribution < 1.29 is 14.3 Å². The minimum atomic E-state index is -0.631. The standard InChI is InChI=1S/C12H20N4O3/c1-2-19-12(18)16-8-6-15(7-9-16)11(17)10(14)4-3-5-13/h10H,2-4,6-9,14H2,1H3/t10-/m0/s1. The van der Waals surface area contributed by atoms with Crippen LogP contribution in [-0.2, 0) is 9.53 Å². The summed E-state index contributed by atoms with van der Waals surface area (Å²) in [6.07, 6.45) is 0.298. The number of carbonyl (C=O) groups is 2. The van der Waals surface area contributed by atoms with Crippen LogP contribution in [0, 0.1) is 11.3 Å². The molecule has 0 unspecified atom stereocenters. The Balaban J connectivity index is 2.39. The van der Waals surface area contributed by atoms with Crippen molar-refractivity contribution >= 4 is 12.0 Å². The Morgan fingerprint density at radius 3 is 2.42 bits per heavy atom. The Kier molecular flexibility index (Phi) is 6.09. The summed E-state index contributed by atoms with van der Waals surface area (Å²) in [4.78, 5) is 26.7. The van der Waals surface area contributed by atoms with Crippen molar-refractivity contribution in [3.05, 3.63) is 0 Å². The zero-order valence-corrected chi connectivity index (χ0v) is 11.2. The Hall–Kier alpha value is -1.81. The smallest absolute Gasteiger partial charge is 0.409 e. The monoisotopic (exact) mass is 268 g/mol. The van der Waals surface area contributed by atoms with Crippen LogP contribution >= 0.6 is 0 Å². The molecule has 0 bridgehead atoms. The molecule has 0 aliphatic carbocycles. The van der Waals surface area contributed by atoms with Crippen LogP contribution in [0.3, 0.4) is 0 Å². The number of nitriles is 1. The lowest BCUT2D eigenvalue weighted by molar-refractivity contribution is -0.134. The predicted octanol–water partition coefficient (Wildman–Crippen LogP) is -0.0818. The summed E-state index contributed by atoms with van der Waals surface area (Å²) in [5, 5.41) is 8.47. The van der Waals surface area contributed by atoms with Crippen LogP contribution in [0.15, 0.2) is 0 Å². The molecule has 0 saturated carbocycles. The number of nitrogens with zero attached hydrogens (tertiary/aromatic N) is 3. The molecule has 2 N–H and O–H groups in total. The Labute approximate surface area is 112 Å². The van der Waals surface area contributed by atoms with Gasteiger partial charge in [-0.05, 0) is 13.3 Å². The van der Waals surface area contributed by atoms with Crippen molar-refractivity contribution in [3.63, 3.8) is 0 Å². The van der Waals surface area contributed by atoms with E-state index in [0.29, 0.717) is 39.2 Å². The van der Waals surface area contributed by atoms with Gasteiger partial charge in [0.05, 0.1) is 18.7 Å². The molecule has 1 atom stereocenters. The topological polar surface area (TPSA) is 99.7 Å². The number of piperazine rings is 1. The molecule has 1 saturated heterocycles. The maximum Gasteiger partial charge on any atom is 0.409 e. The van der Waals surface area contributed by atoms with E-state index < -0.39 is 6.04 Å². The lowest BCUT2D eigenvalue weighted by atomic mass is 10.1. The minimum Gasteiger partial charge on any atom is -0.450 e. The highest BCUT2D eigenvalue weighted by Crippen LogP contribution is 2.07. The molecular formula is C12H20N4O3. The van der Waals surface area contributed by atoms with E-state index in [1.165, 1.54) is 0 Å². The first-order chi connectivity index (χ1) is 9.10. The van der Waals surface area contributed by atoms with E-state index in [2.05, 4.69) is 0 Å². The SMILES string of the molecule is CCOC(=O)N1CCN(C(=O)[C@@H](N)CCC#N)CC1. The van der Waals surface area contributed by atoms with Crippen LogP contribution in [0.5, 0.6) is 0 Å². The molecule has 1 rings (SSSR count). The van der Waals surface area contributed by atoms with E-state index in [0.717, 1.165) is 0 Å². The molecule has 1 fully saturated rings. The predicted molar refractivity (Wildman–Crippen MR) is 68.0 cm³/mol. The van der Waals surface area contributed by atoms with Gasteiger partial charge >= 0.3 is 6.09 Å². The van der Waals surface area contributed by atoms with Crippen molar-refractivity contribution in [1.82, 2.24) is 9.80 Å². The first-order valence-corrected chi connectivity index (χ1v) is 6.43. The summed E-state index contributed by atoms with van der Waals surface area (Å²) in [7, 11) is 0. The van der Waals surface area contributed by atoms with E-state index in [1.807, 2.05) is 6.07 Å². The van der Waals surface area contributed by atoms with Gasteiger partial charge in [0.2, 0.25) is 5.91 Å². The largest absolute Gasteiger partial charge is 0.450 e. The molecule has 0 aromatic rings. The molecule has 19 heavy (non-hydrogen) atoms. The fourth-order valence-electron chi connectivity index (χ4n) is 1.90. The van der Waals surface area contributed by atoms with E-state index in [4.69, 9.17) is 15.7 Å². The van der Waals surface area contributed by atoms with Gasteiger partial charge in [0.15, 0.2) is 0 Å². The molecule has 1 heterocycles. The third kappa shape index (κ3) is 4.41. The van der Waals surface area contributed by atoms with Crippen molar-refractivity contribution in [2.24, 2.45) is 5.73 Å². The number of nitrogens with two attached hydrogens (primary N) is 1. The zero-order chi connectivity index (χ0) is 14.3. The molecule has 7 nitrogen and oxygen atoms in total. The summed E-state index contributed by atoms with van der Waals surface area (Å²) in [5.41, 5.74) is 5.73. The second-order valence-corrected chi connectivity index (χ2v) is 4.31. The van der Waals surface area contributed by atoms with Crippen molar-refractivity contribution in [3.8, 4) is 6.07 Å². The number of hydrogen-bond donors (Lipinski definition) is 1. The summed E-state index contributed by atoms with van der Waals surface area (Å²) in [6.45, 7) is 3.92. The molecule has 1 aliphatic rings. The summed E-state index contributed by atoms with van der Waals surface area (Å²) in [5.74, 6) is -0.154. The number of ether oxygens (including phenoxy) is 1. The van der Waals surface area contributed by atoms with Crippen molar-refractivity contribution in [2.45, 2.75) is 25.8 Å². The molecule has 106 valence electrons. The highest BCUT2D eigenvalue weighted by molar-refractivity contribution is 5.82. The molecular weight excluding hydrogens is 248 g/mol. The highest BCUT2D eigenvalue weighted by Gasteiger charge is 2.27. The summed E-state index contributed by atoms with van der Waals surface area (Å²) in [6, 6.07) is 1.34. The molecule has 0 aromatic heterocycles. The molecule has 7 heteroatoms. The van der Waals surface area contributed by atoms with Gasteiger partial charge in [-0.2, -0.15) is 5.26 Å². The second-order valence-electron chi connectivity index (χ2n) is 4.31. The van der Waals surface area contributed by atoms with E-state index in [-0.39, 0.29) is 18.4 Å². The van der Waals surface area contributed by atoms with Crippen LogP contribution in [0.1, 0.15) is 19.8 Å². The lowest BCUT2D eigenvalue weighted by Gasteiger charge is -2.35. The number of carbonyl (C=O) groups excluding carboxylic acids is 2. The zero-order valence-electron chi connectivity index (χ0n) is 11.2. The average Bonchev–Trinajstić information content (AvgIpc) is 2.44. The first kappa shape index (κ1) is 15.2. The maximum atomic E-state index is 12.0. The second kappa shape index (κ2) is 7.59. The van der Waals surface area contributed by atoms with E-state index >= 15 is 0 Å². The third-order valence-electron chi connectivity index (χ3n) is 3.00. The van der Waals surface area contributed by atoms with Crippen LogP contribution in [-0.4, -0.2) is 60.6 Å². The number of rotatable bonds is 4. The van der Waals surface area contributed by atoms with Gasteiger partial charge in [-0.25, -0.2) is 4.79 Å². The van der Waals surface area contributed by atoms with Crippen LogP contribution < -0.4 is 5.73 Å². The van der Waals surface area contributed by atoms with Gasteiger partial charge in [0, 0.05) is 32.6 Å². The highest BCUT2D eigenvalue weighted by atomic mass is 16.6. The molecule has 2 amide bonds. The van der Waals surface area contributed by atoms with Crippen LogP contribution in [0.2, 0.25) is 0 Å². The fourth-order valence-corrected chi connectivity index (χ4v) is 1.90. The van der Waals surface area contributed by atoms with Gasteiger partial charge in [0.25, 0.3) is 0 Å². The number of amides is 2. The average molecular weight is 268 g/mol. The van der Waals surface area contributed by atoms with Gasteiger partial charge in [-0.3, -0.25) is 4.79 Å². The normalized spacial score (nSPS) is 16.7. The summed E-state index contributed by atoms with van der Waals surface area (Å²) >= 11 is 0. The van der Waals surface area contributed by atoms with E-state index in [1.54, 1.807) is 16.7 Å². The molecule has 0 spiro atoms. The van der Waals surface area contributed by atoms with Crippen molar-refractivity contribution in [1.29, 1.82) is 5.26 Å². The lowest BCUT2D eigenvalue weighted by Crippen LogP contribution is -2.54. The molecule has 0 aromatic carbocycles. The minimum absolute atomic E-state index is 0.154. The maximum absolute atomic E-state index is 12.0. The Bertz CT molecular complexity index is 358. The molecule has 0 radical (unpaired) electrons. The van der Waals surface area contributed by atoms with Crippen molar-refractivity contribution in [2.75, 3.05) is 32.8 Å². The van der Waals surface area contributed by atoms with Gasteiger partial charge < -0.3 is 20.3 Å². The first-order valence-electron chi connectivity index (χ1n) is 6.43. The van der Waals surface area contributed by atoms with Crippen LogP contribution in [0.4, 0.5) is 4.79 Å². The third-order valence-corrected chi connectivity index (χ3v) is 3.00. The summed E-state index contributed by atoms with van der Waals surface area (Å²) < 4.78 is 4.90. The fraction of sp³-hybridized carbons (Fsp3) is 0.750. The van der Waals surface area contributed by atoms with Gasteiger partial charge in [-0.1, -0.05) is 0 Å². The van der Waals surface area contributed by atoms with Gasteiger partial charge in [0.1, 0.15) is 0 Å². The Morgan fingerprint density at radius 1 is 1.32 bits per heavy atom. The molecule has 1 aliphatic heterocycles.